The predicted molar refractivity (Wildman–Crippen MR) is 140 cm³/mol. The van der Waals surface area contributed by atoms with Gasteiger partial charge in [-0.25, -0.2) is 4.79 Å². The molecule has 0 bridgehead atoms. The van der Waals surface area contributed by atoms with Crippen LogP contribution in [0.2, 0.25) is 0 Å². The molecule has 0 aliphatic rings. The average molecular weight is 536 g/mol. The van der Waals surface area contributed by atoms with Crippen molar-refractivity contribution in [1.82, 2.24) is 14.5 Å². The Kier molecular flexibility index (Phi) is 7.94. The van der Waals surface area contributed by atoms with E-state index in [1.165, 1.54) is 4.57 Å². The summed E-state index contributed by atoms with van der Waals surface area (Å²) in [6.45, 7) is 1.56. The molecule has 180 valence electrons. The molecule has 7 nitrogen and oxygen atoms in total. The maximum absolute atomic E-state index is 13.5. The quantitative estimate of drug-likeness (QED) is 0.330. The van der Waals surface area contributed by atoms with Gasteiger partial charge in [-0.1, -0.05) is 52.3 Å². The number of methoxy groups -OCH3 is 1. The van der Waals surface area contributed by atoms with Gasteiger partial charge in [0.25, 0.3) is 11.5 Å². The summed E-state index contributed by atoms with van der Waals surface area (Å²) in [5.41, 5.74) is 2.11. The van der Waals surface area contributed by atoms with Crippen molar-refractivity contribution in [3.8, 4) is 0 Å². The average Bonchev–Trinajstić information content (AvgIpc) is 2.88. The Morgan fingerprint density at radius 3 is 2.20 bits per heavy atom. The van der Waals surface area contributed by atoms with Crippen LogP contribution >= 0.6 is 15.9 Å². The third kappa shape index (κ3) is 5.78. The molecule has 1 heterocycles. The number of carbonyl (C=O) groups excluding carboxylic acids is 1. The molecule has 0 aliphatic heterocycles. The molecule has 0 aliphatic carbocycles. The van der Waals surface area contributed by atoms with Crippen LogP contribution in [0.15, 0.2) is 86.9 Å². The smallest absolute Gasteiger partial charge is 0.332 e. The van der Waals surface area contributed by atoms with E-state index in [1.54, 1.807) is 54.1 Å². The number of halogens is 1. The van der Waals surface area contributed by atoms with Crippen LogP contribution in [0.5, 0.6) is 0 Å². The fourth-order valence-corrected chi connectivity index (χ4v) is 4.16. The SMILES string of the molecule is COCCCNC(=O)c1ccc(Cn2c(=O)c3ccccc3n(Cc3ccc(Br)cc3)c2=O)cc1. The Morgan fingerprint density at radius 2 is 1.51 bits per heavy atom. The molecule has 3 aromatic carbocycles. The van der Waals surface area contributed by atoms with Crippen LogP contribution < -0.4 is 16.6 Å². The number of ether oxygens (including phenoxy) is 1. The van der Waals surface area contributed by atoms with Gasteiger partial charge < -0.3 is 10.1 Å². The Labute approximate surface area is 211 Å². The van der Waals surface area contributed by atoms with Crippen molar-refractivity contribution in [3.05, 3.63) is 115 Å². The molecule has 0 spiro atoms. The second-order valence-electron chi connectivity index (χ2n) is 8.20. The van der Waals surface area contributed by atoms with E-state index in [-0.39, 0.29) is 23.7 Å². The fourth-order valence-electron chi connectivity index (χ4n) is 3.90. The van der Waals surface area contributed by atoms with Gasteiger partial charge in [0.15, 0.2) is 0 Å². The number of amides is 1. The largest absolute Gasteiger partial charge is 0.385 e. The summed E-state index contributed by atoms with van der Waals surface area (Å²) in [6, 6.07) is 21.8. The van der Waals surface area contributed by atoms with E-state index in [9.17, 15) is 14.4 Å². The number of hydrogen-bond donors (Lipinski definition) is 1. The molecule has 0 unspecified atom stereocenters. The lowest BCUT2D eigenvalue weighted by Crippen LogP contribution is -2.40. The van der Waals surface area contributed by atoms with Gasteiger partial charge in [-0.2, -0.15) is 0 Å². The summed E-state index contributed by atoms with van der Waals surface area (Å²) in [4.78, 5) is 39.0. The van der Waals surface area contributed by atoms with Gasteiger partial charge in [-0.05, 0) is 53.9 Å². The first-order valence-corrected chi connectivity index (χ1v) is 12.1. The number of fused-ring (bicyclic) bond motifs is 1. The molecule has 8 heteroatoms. The Hall–Kier alpha value is -3.49. The van der Waals surface area contributed by atoms with E-state index in [0.29, 0.717) is 36.2 Å². The summed E-state index contributed by atoms with van der Waals surface area (Å²) >= 11 is 3.43. The molecule has 0 fully saturated rings. The van der Waals surface area contributed by atoms with Crippen molar-refractivity contribution in [2.75, 3.05) is 20.3 Å². The van der Waals surface area contributed by atoms with Crippen molar-refractivity contribution in [2.24, 2.45) is 0 Å². The minimum Gasteiger partial charge on any atom is -0.385 e. The van der Waals surface area contributed by atoms with Gasteiger partial charge >= 0.3 is 5.69 Å². The maximum Gasteiger partial charge on any atom is 0.332 e. The zero-order chi connectivity index (χ0) is 24.8. The third-order valence-electron chi connectivity index (χ3n) is 5.75. The fraction of sp³-hybridized carbons (Fsp3) is 0.222. The third-order valence-corrected chi connectivity index (χ3v) is 6.28. The van der Waals surface area contributed by atoms with Crippen LogP contribution in [-0.4, -0.2) is 35.3 Å². The normalized spacial score (nSPS) is 11.0. The maximum atomic E-state index is 13.5. The van der Waals surface area contributed by atoms with E-state index < -0.39 is 0 Å². The van der Waals surface area contributed by atoms with Gasteiger partial charge in [-0.3, -0.25) is 18.7 Å². The van der Waals surface area contributed by atoms with Gasteiger partial charge in [0.2, 0.25) is 0 Å². The first kappa shape index (κ1) is 24.6. The van der Waals surface area contributed by atoms with Crippen molar-refractivity contribution < 1.29 is 9.53 Å². The van der Waals surface area contributed by atoms with E-state index in [4.69, 9.17) is 4.74 Å². The molecule has 1 N–H and O–H groups in total. The number of nitrogens with zero attached hydrogens (tertiary/aromatic N) is 2. The van der Waals surface area contributed by atoms with Gasteiger partial charge in [0.1, 0.15) is 0 Å². The summed E-state index contributed by atoms with van der Waals surface area (Å²) in [5, 5.41) is 3.33. The minimum absolute atomic E-state index is 0.110. The number of nitrogens with one attached hydrogen (secondary N) is 1. The molecule has 35 heavy (non-hydrogen) atoms. The first-order valence-electron chi connectivity index (χ1n) is 11.3. The number of carbonyl (C=O) groups is 1. The number of rotatable bonds is 9. The molecular formula is C27H26BrN3O4. The topological polar surface area (TPSA) is 82.3 Å². The zero-order valence-corrected chi connectivity index (χ0v) is 21.0. The van der Waals surface area contributed by atoms with E-state index >= 15 is 0 Å². The summed E-state index contributed by atoms with van der Waals surface area (Å²) in [7, 11) is 1.62. The first-order chi connectivity index (χ1) is 17.0. The number of hydrogen-bond acceptors (Lipinski definition) is 4. The second-order valence-corrected chi connectivity index (χ2v) is 9.12. The molecule has 0 saturated heterocycles. The van der Waals surface area contributed by atoms with Crippen molar-refractivity contribution >= 4 is 32.7 Å². The van der Waals surface area contributed by atoms with Crippen LogP contribution in [-0.2, 0) is 17.8 Å². The zero-order valence-electron chi connectivity index (χ0n) is 19.4. The van der Waals surface area contributed by atoms with E-state index in [1.807, 2.05) is 30.3 Å². The highest BCUT2D eigenvalue weighted by atomic mass is 79.9. The van der Waals surface area contributed by atoms with Crippen molar-refractivity contribution in [2.45, 2.75) is 19.5 Å². The van der Waals surface area contributed by atoms with Crippen molar-refractivity contribution in [3.63, 3.8) is 0 Å². The van der Waals surface area contributed by atoms with E-state index in [0.717, 1.165) is 22.0 Å². The lowest BCUT2D eigenvalue weighted by Gasteiger charge is -2.15. The van der Waals surface area contributed by atoms with Gasteiger partial charge in [0.05, 0.1) is 24.0 Å². The lowest BCUT2D eigenvalue weighted by molar-refractivity contribution is 0.0948. The number of aromatic nitrogens is 2. The Balaban J connectivity index is 1.63. The van der Waals surface area contributed by atoms with Crippen LogP contribution in [0.4, 0.5) is 0 Å². The van der Waals surface area contributed by atoms with Crippen molar-refractivity contribution in [1.29, 1.82) is 0 Å². The summed E-state index contributed by atoms with van der Waals surface area (Å²) < 4.78 is 8.82. The lowest BCUT2D eigenvalue weighted by atomic mass is 10.1. The van der Waals surface area contributed by atoms with Crippen LogP contribution in [0.3, 0.4) is 0 Å². The Bertz CT molecular complexity index is 1440. The molecular weight excluding hydrogens is 510 g/mol. The van der Waals surface area contributed by atoms with Crippen LogP contribution in [0.25, 0.3) is 10.9 Å². The predicted octanol–water partition coefficient (Wildman–Crippen LogP) is 3.79. The molecule has 0 saturated carbocycles. The van der Waals surface area contributed by atoms with Crippen LogP contribution in [0.1, 0.15) is 27.9 Å². The highest BCUT2D eigenvalue weighted by Gasteiger charge is 2.14. The van der Waals surface area contributed by atoms with E-state index in [2.05, 4.69) is 21.2 Å². The molecule has 1 aromatic heterocycles. The molecule has 0 radical (unpaired) electrons. The molecule has 1 amide bonds. The van der Waals surface area contributed by atoms with Gasteiger partial charge in [0, 0.05) is 30.3 Å². The number of benzene rings is 3. The minimum atomic E-state index is -0.378. The second kappa shape index (κ2) is 11.3. The van der Waals surface area contributed by atoms with Gasteiger partial charge in [-0.15, -0.1) is 0 Å². The standard InChI is InChI=1S/C27H26BrN3O4/c1-35-16-4-15-29-25(32)21-11-7-19(8-12-21)18-31-26(33)23-5-2-3-6-24(23)30(27(31)34)17-20-9-13-22(28)14-10-20/h2-3,5-14H,4,15-18H2,1H3,(H,29,32). The molecule has 0 atom stereocenters. The Morgan fingerprint density at radius 1 is 0.886 bits per heavy atom. The van der Waals surface area contributed by atoms with Crippen LogP contribution in [0, 0.1) is 0 Å². The highest BCUT2D eigenvalue weighted by molar-refractivity contribution is 9.10. The molecule has 4 rings (SSSR count). The molecule has 4 aromatic rings. The monoisotopic (exact) mass is 535 g/mol. The summed E-state index contributed by atoms with van der Waals surface area (Å²) in [6.07, 6.45) is 0.734. The highest BCUT2D eigenvalue weighted by Crippen LogP contribution is 2.14. The number of para-hydroxylation sites is 1. The summed E-state index contributed by atoms with van der Waals surface area (Å²) in [5.74, 6) is -0.174.